The maximum absolute atomic E-state index is 13.8. The lowest BCUT2D eigenvalue weighted by Crippen LogP contribution is -2.21. The van der Waals surface area contributed by atoms with Crippen molar-refractivity contribution in [3.8, 4) is 5.75 Å². The largest absolute Gasteiger partial charge is 0.494 e. The van der Waals surface area contributed by atoms with Crippen molar-refractivity contribution < 1.29 is 9.13 Å². The van der Waals surface area contributed by atoms with Gasteiger partial charge in [0.25, 0.3) is 0 Å². The number of ether oxygens (including phenoxy) is 1. The molecule has 0 fully saturated rings. The number of nitrogens with zero attached hydrogens (tertiary/aromatic N) is 3. The van der Waals surface area contributed by atoms with Crippen molar-refractivity contribution in [1.82, 2.24) is 20.1 Å². The van der Waals surface area contributed by atoms with Crippen molar-refractivity contribution in [2.24, 2.45) is 0 Å². The van der Waals surface area contributed by atoms with Gasteiger partial charge in [-0.05, 0) is 31.2 Å². The number of aryl methyl sites for hydroxylation is 1. The van der Waals surface area contributed by atoms with E-state index in [9.17, 15) is 4.39 Å². The van der Waals surface area contributed by atoms with Crippen molar-refractivity contribution in [2.75, 3.05) is 14.2 Å². The Hall–Kier alpha value is -1.95. The van der Waals surface area contributed by atoms with Gasteiger partial charge in [0.05, 0.1) is 7.11 Å². The molecule has 1 aromatic carbocycles. The lowest BCUT2D eigenvalue weighted by Gasteiger charge is -2.17. The van der Waals surface area contributed by atoms with E-state index in [-0.39, 0.29) is 17.6 Å². The van der Waals surface area contributed by atoms with Crippen molar-refractivity contribution in [3.05, 3.63) is 41.7 Å². The van der Waals surface area contributed by atoms with Gasteiger partial charge in [0, 0.05) is 19.0 Å². The summed E-state index contributed by atoms with van der Waals surface area (Å²) in [7, 11) is 3.31. The van der Waals surface area contributed by atoms with E-state index >= 15 is 0 Å². The Balaban J connectivity index is 2.19. The zero-order chi connectivity index (χ0) is 15.2. The van der Waals surface area contributed by atoms with Gasteiger partial charge in [-0.1, -0.05) is 13.0 Å². The molecule has 1 heterocycles. The van der Waals surface area contributed by atoms with Crippen LogP contribution in [-0.2, 0) is 13.0 Å². The van der Waals surface area contributed by atoms with Gasteiger partial charge in [0.2, 0.25) is 0 Å². The van der Waals surface area contributed by atoms with Crippen LogP contribution in [0.5, 0.6) is 5.75 Å². The highest BCUT2D eigenvalue weighted by atomic mass is 19.1. The third-order valence-corrected chi connectivity index (χ3v) is 3.44. The smallest absolute Gasteiger partial charge is 0.165 e. The van der Waals surface area contributed by atoms with E-state index in [0.29, 0.717) is 6.42 Å². The molecule has 0 spiro atoms. The topological polar surface area (TPSA) is 52.0 Å². The third-order valence-electron chi connectivity index (χ3n) is 3.44. The fourth-order valence-electron chi connectivity index (χ4n) is 2.31. The molecule has 6 heteroatoms. The second-order valence-corrected chi connectivity index (χ2v) is 4.84. The summed E-state index contributed by atoms with van der Waals surface area (Å²) < 4.78 is 20.7. The van der Waals surface area contributed by atoms with Gasteiger partial charge in [-0.3, -0.25) is 4.68 Å². The van der Waals surface area contributed by atoms with Gasteiger partial charge < -0.3 is 10.1 Å². The first-order chi connectivity index (χ1) is 10.2. The molecule has 1 aromatic heterocycles. The quantitative estimate of drug-likeness (QED) is 0.851. The number of nitrogens with one attached hydrogen (secondary N) is 1. The molecular formula is C15H21FN4O. The highest BCUT2D eigenvalue weighted by Gasteiger charge is 2.16. The van der Waals surface area contributed by atoms with Gasteiger partial charge in [-0.15, -0.1) is 0 Å². The molecule has 0 aliphatic carbocycles. The van der Waals surface area contributed by atoms with Crippen molar-refractivity contribution >= 4 is 0 Å². The molecule has 0 bridgehead atoms. The van der Waals surface area contributed by atoms with E-state index in [4.69, 9.17) is 4.74 Å². The SMILES string of the molecule is CCCn1ncnc1CC(NC)c1ccc(OC)c(F)c1. The summed E-state index contributed by atoms with van der Waals surface area (Å²) in [6.07, 6.45) is 3.21. The molecule has 2 aromatic rings. The zero-order valence-corrected chi connectivity index (χ0v) is 12.6. The molecule has 21 heavy (non-hydrogen) atoms. The lowest BCUT2D eigenvalue weighted by atomic mass is 10.0. The lowest BCUT2D eigenvalue weighted by molar-refractivity contribution is 0.385. The molecule has 0 radical (unpaired) electrons. The average molecular weight is 292 g/mol. The van der Waals surface area contributed by atoms with Crippen LogP contribution in [0.2, 0.25) is 0 Å². The summed E-state index contributed by atoms with van der Waals surface area (Å²) in [5.74, 6) is 0.792. The van der Waals surface area contributed by atoms with Crippen molar-refractivity contribution in [3.63, 3.8) is 0 Å². The van der Waals surface area contributed by atoms with E-state index in [1.54, 1.807) is 12.4 Å². The van der Waals surface area contributed by atoms with E-state index in [0.717, 1.165) is 24.4 Å². The van der Waals surface area contributed by atoms with E-state index in [2.05, 4.69) is 22.3 Å². The normalized spacial score (nSPS) is 12.4. The van der Waals surface area contributed by atoms with Crippen LogP contribution in [-0.4, -0.2) is 28.9 Å². The monoisotopic (exact) mass is 292 g/mol. The Labute approximate surface area is 124 Å². The number of hydrogen-bond acceptors (Lipinski definition) is 4. The van der Waals surface area contributed by atoms with E-state index in [1.807, 2.05) is 17.8 Å². The highest BCUT2D eigenvalue weighted by Crippen LogP contribution is 2.23. The predicted octanol–water partition coefficient (Wildman–Crippen LogP) is 2.34. The van der Waals surface area contributed by atoms with Crippen molar-refractivity contribution in [1.29, 1.82) is 0 Å². The van der Waals surface area contributed by atoms with Crippen LogP contribution < -0.4 is 10.1 Å². The Morgan fingerprint density at radius 2 is 2.24 bits per heavy atom. The number of halogens is 1. The van der Waals surface area contributed by atoms with E-state index in [1.165, 1.54) is 13.2 Å². The molecule has 0 amide bonds. The fraction of sp³-hybridized carbons (Fsp3) is 0.467. The second-order valence-electron chi connectivity index (χ2n) is 4.84. The Morgan fingerprint density at radius 3 is 2.86 bits per heavy atom. The van der Waals surface area contributed by atoms with E-state index < -0.39 is 0 Å². The molecule has 0 saturated heterocycles. The molecule has 0 saturated carbocycles. The van der Waals surface area contributed by atoms with Crippen LogP contribution in [0.4, 0.5) is 4.39 Å². The minimum Gasteiger partial charge on any atom is -0.494 e. The Morgan fingerprint density at radius 1 is 1.43 bits per heavy atom. The predicted molar refractivity (Wildman–Crippen MR) is 78.8 cm³/mol. The molecule has 0 aliphatic rings. The first-order valence-electron chi connectivity index (χ1n) is 7.07. The van der Waals surface area contributed by atoms with Gasteiger partial charge >= 0.3 is 0 Å². The Bertz CT molecular complexity index is 585. The minimum atomic E-state index is -0.356. The van der Waals surface area contributed by atoms with Crippen molar-refractivity contribution in [2.45, 2.75) is 32.4 Å². The van der Waals surface area contributed by atoms with Crippen LogP contribution in [0.15, 0.2) is 24.5 Å². The summed E-state index contributed by atoms with van der Waals surface area (Å²) in [5.41, 5.74) is 0.863. The first-order valence-corrected chi connectivity index (χ1v) is 7.07. The number of hydrogen-bond donors (Lipinski definition) is 1. The number of benzene rings is 1. The Kier molecular flexibility index (Phi) is 5.27. The highest BCUT2D eigenvalue weighted by molar-refractivity contribution is 5.31. The molecular weight excluding hydrogens is 271 g/mol. The summed E-state index contributed by atoms with van der Waals surface area (Å²) >= 11 is 0. The molecule has 114 valence electrons. The number of aromatic nitrogens is 3. The van der Waals surface area contributed by atoms with Gasteiger partial charge in [-0.2, -0.15) is 5.10 Å². The van der Waals surface area contributed by atoms with Gasteiger partial charge in [0.1, 0.15) is 12.2 Å². The minimum absolute atomic E-state index is 0.0230. The zero-order valence-electron chi connectivity index (χ0n) is 12.6. The summed E-state index contributed by atoms with van der Waals surface area (Å²) in [5, 5.41) is 7.42. The number of rotatable bonds is 7. The number of methoxy groups -OCH3 is 1. The summed E-state index contributed by atoms with van der Waals surface area (Å²) in [6, 6.07) is 4.99. The first kappa shape index (κ1) is 15.4. The molecule has 2 rings (SSSR count). The summed E-state index contributed by atoms with van der Waals surface area (Å²) in [6.45, 7) is 2.93. The molecule has 1 unspecified atom stereocenters. The van der Waals surface area contributed by atoms with Crippen LogP contribution in [0, 0.1) is 5.82 Å². The molecule has 5 nitrogen and oxygen atoms in total. The number of likely N-dealkylation sites (N-methyl/N-ethyl adjacent to an activating group) is 1. The molecule has 0 aliphatic heterocycles. The van der Waals surface area contributed by atoms with Crippen LogP contribution in [0.1, 0.15) is 30.8 Å². The van der Waals surface area contributed by atoms with Crippen LogP contribution in [0.3, 0.4) is 0 Å². The standard InChI is InChI=1S/C15H21FN4O/c1-4-7-20-15(18-10-19-20)9-13(17-2)11-5-6-14(21-3)12(16)8-11/h5-6,8,10,13,17H,4,7,9H2,1-3H3. The maximum Gasteiger partial charge on any atom is 0.165 e. The fourth-order valence-corrected chi connectivity index (χ4v) is 2.31. The maximum atomic E-state index is 13.8. The second kappa shape index (κ2) is 7.17. The molecule has 1 N–H and O–H groups in total. The molecule has 1 atom stereocenters. The average Bonchev–Trinajstić information content (AvgIpc) is 2.92. The summed E-state index contributed by atoms with van der Waals surface area (Å²) in [4.78, 5) is 4.30. The van der Waals surface area contributed by atoms with Gasteiger partial charge in [-0.25, -0.2) is 9.37 Å². The van der Waals surface area contributed by atoms with Gasteiger partial charge in [0.15, 0.2) is 11.6 Å². The third kappa shape index (κ3) is 3.58. The van der Waals surface area contributed by atoms with Crippen LogP contribution in [0.25, 0.3) is 0 Å². The van der Waals surface area contributed by atoms with Crippen LogP contribution >= 0.6 is 0 Å².